The second kappa shape index (κ2) is 10.1. The quantitative estimate of drug-likeness (QED) is 0.442. The summed E-state index contributed by atoms with van der Waals surface area (Å²) in [4.78, 5) is 0. The number of hydrogen-bond donors (Lipinski definition) is 0. The molecule has 0 saturated heterocycles. The molecule has 0 saturated carbocycles. The molecule has 1 unspecified atom stereocenters. The Kier molecular flexibility index (Phi) is 10.1. The van der Waals surface area contributed by atoms with Gasteiger partial charge in [-0.3, -0.25) is 0 Å². The lowest BCUT2D eigenvalue weighted by molar-refractivity contribution is 0.487. The third-order valence-corrected chi connectivity index (χ3v) is 2.66. The molecule has 0 aromatic heterocycles. The Morgan fingerprint density at radius 1 is 0.769 bits per heavy atom. The van der Waals surface area contributed by atoms with Crippen molar-refractivity contribution in [1.29, 1.82) is 0 Å². The van der Waals surface area contributed by atoms with Crippen molar-refractivity contribution in [2.45, 2.75) is 71.6 Å². The monoisotopic (exact) mass is 183 g/mol. The summed E-state index contributed by atoms with van der Waals surface area (Å²) < 4.78 is 0. The molecule has 0 aliphatic rings. The Bertz CT molecular complexity index is 86.0. The lowest BCUT2D eigenvalue weighted by Gasteiger charge is -2.08. The molecule has 0 aliphatic carbocycles. The topological polar surface area (TPSA) is 0 Å². The van der Waals surface area contributed by atoms with E-state index in [1.807, 2.05) is 0 Å². The highest BCUT2D eigenvalue weighted by Crippen LogP contribution is 2.15. The first-order valence-corrected chi connectivity index (χ1v) is 6.14. The molecule has 1 atom stereocenters. The molecule has 0 amide bonds. The molecule has 0 heteroatoms. The first-order chi connectivity index (χ1) is 6.31. The molecule has 79 valence electrons. The lowest BCUT2D eigenvalue weighted by Crippen LogP contribution is -1.93. The van der Waals surface area contributed by atoms with Crippen LogP contribution in [0.25, 0.3) is 0 Å². The minimum atomic E-state index is 0.719. The van der Waals surface area contributed by atoms with Crippen molar-refractivity contribution < 1.29 is 0 Å². The van der Waals surface area contributed by atoms with Gasteiger partial charge >= 0.3 is 0 Å². The number of hydrogen-bond acceptors (Lipinski definition) is 0. The maximum Gasteiger partial charge on any atom is -0.0414 e. The molecule has 0 fully saturated rings. The number of rotatable bonds is 9. The molecule has 1 radical (unpaired) electrons. The van der Waals surface area contributed by atoms with E-state index in [-0.39, 0.29) is 0 Å². The molecule has 0 heterocycles. The zero-order chi connectivity index (χ0) is 9.94. The summed E-state index contributed by atoms with van der Waals surface area (Å²) in [6, 6.07) is 0. The fourth-order valence-electron chi connectivity index (χ4n) is 1.77. The van der Waals surface area contributed by atoms with Gasteiger partial charge in [0, 0.05) is 0 Å². The molecule has 0 aromatic carbocycles. The van der Waals surface area contributed by atoms with Crippen molar-refractivity contribution in [3.8, 4) is 0 Å². The summed E-state index contributed by atoms with van der Waals surface area (Å²) in [5.74, 6) is 0.719. The molecular formula is C13H27. The van der Waals surface area contributed by atoms with Crippen molar-refractivity contribution in [1.82, 2.24) is 0 Å². The van der Waals surface area contributed by atoms with Crippen molar-refractivity contribution in [2.75, 3.05) is 0 Å². The summed E-state index contributed by atoms with van der Waals surface area (Å²) in [6.07, 6.45) is 12.4. The van der Waals surface area contributed by atoms with Crippen molar-refractivity contribution in [3.63, 3.8) is 0 Å². The second-order valence-corrected chi connectivity index (χ2v) is 4.21. The molecule has 0 nitrogen and oxygen atoms in total. The minimum absolute atomic E-state index is 0.719. The molecule has 0 rings (SSSR count). The Morgan fingerprint density at radius 2 is 1.38 bits per heavy atom. The molecular weight excluding hydrogens is 156 g/mol. The fraction of sp³-hybridized carbons (Fsp3) is 0.923. The largest absolute Gasteiger partial charge is 0.0654 e. The summed E-state index contributed by atoms with van der Waals surface area (Å²) in [5, 5.41) is 0. The molecule has 0 aromatic rings. The predicted octanol–water partition coefficient (Wildman–Crippen LogP) is 4.99. The average molecular weight is 183 g/mol. The van der Waals surface area contributed by atoms with Crippen LogP contribution in [0.5, 0.6) is 0 Å². The number of unbranched alkanes of at least 4 members (excludes halogenated alkanes) is 5. The maximum atomic E-state index is 4.16. The third-order valence-electron chi connectivity index (χ3n) is 2.66. The summed E-state index contributed by atoms with van der Waals surface area (Å²) in [5.41, 5.74) is 0. The van der Waals surface area contributed by atoms with Gasteiger partial charge in [-0.05, 0) is 5.92 Å². The third kappa shape index (κ3) is 9.92. The van der Waals surface area contributed by atoms with Gasteiger partial charge in [0.25, 0.3) is 0 Å². The van der Waals surface area contributed by atoms with Gasteiger partial charge in [0.2, 0.25) is 0 Å². The van der Waals surface area contributed by atoms with E-state index in [9.17, 15) is 0 Å². The van der Waals surface area contributed by atoms with Crippen LogP contribution >= 0.6 is 0 Å². The Morgan fingerprint density at radius 3 is 2.00 bits per heavy atom. The van der Waals surface area contributed by atoms with Gasteiger partial charge in [0.05, 0.1) is 0 Å². The highest BCUT2D eigenvalue weighted by atomic mass is 14.1. The molecule has 0 bridgehead atoms. The molecule has 0 aliphatic heterocycles. The molecule has 0 spiro atoms. The van der Waals surface area contributed by atoms with Crippen LogP contribution in [-0.4, -0.2) is 0 Å². The van der Waals surface area contributed by atoms with Crippen LogP contribution < -0.4 is 0 Å². The predicted molar refractivity (Wildman–Crippen MR) is 61.7 cm³/mol. The van der Waals surface area contributed by atoms with E-state index in [0.717, 1.165) is 5.92 Å². The SMILES string of the molecule is [CH2]C(CCC)CCCCCCCC. The van der Waals surface area contributed by atoms with E-state index < -0.39 is 0 Å². The van der Waals surface area contributed by atoms with Crippen LogP contribution in [0.1, 0.15) is 71.6 Å². The lowest BCUT2D eigenvalue weighted by atomic mass is 9.98. The van der Waals surface area contributed by atoms with Crippen LogP contribution in [0.15, 0.2) is 0 Å². The zero-order valence-electron chi connectivity index (χ0n) is 9.65. The Balaban J connectivity index is 2.97. The van der Waals surface area contributed by atoms with Gasteiger partial charge in [-0.1, -0.05) is 78.6 Å². The smallest absolute Gasteiger partial charge is 0.0414 e. The highest BCUT2D eigenvalue weighted by Gasteiger charge is 1.99. The second-order valence-electron chi connectivity index (χ2n) is 4.21. The normalized spacial score (nSPS) is 13.2. The van der Waals surface area contributed by atoms with Crippen molar-refractivity contribution in [2.24, 2.45) is 5.92 Å². The van der Waals surface area contributed by atoms with E-state index in [4.69, 9.17) is 0 Å². The highest BCUT2D eigenvalue weighted by molar-refractivity contribution is 4.60. The van der Waals surface area contributed by atoms with Crippen LogP contribution in [-0.2, 0) is 0 Å². The minimum Gasteiger partial charge on any atom is -0.0654 e. The van der Waals surface area contributed by atoms with E-state index >= 15 is 0 Å². The van der Waals surface area contributed by atoms with E-state index in [2.05, 4.69) is 20.8 Å². The van der Waals surface area contributed by atoms with Gasteiger partial charge in [-0.15, -0.1) is 0 Å². The molecule has 0 N–H and O–H groups in total. The van der Waals surface area contributed by atoms with Crippen LogP contribution in [0.3, 0.4) is 0 Å². The van der Waals surface area contributed by atoms with Crippen LogP contribution in [0, 0.1) is 12.8 Å². The average Bonchev–Trinajstić information content (AvgIpc) is 2.11. The van der Waals surface area contributed by atoms with Gasteiger partial charge in [-0.25, -0.2) is 0 Å². The first-order valence-electron chi connectivity index (χ1n) is 6.14. The van der Waals surface area contributed by atoms with Crippen LogP contribution in [0.4, 0.5) is 0 Å². The standard InChI is InChI=1S/C13H27/c1-4-6-7-8-9-10-12-13(3)11-5-2/h13H,3-12H2,1-2H3. The van der Waals surface area contributed by atoms with Gasteiger partial charge < -0.3 is 0 Å². The van der Waals surface area contributed by atoms with Crippen LogP contribution in [0.2, 0.25) is 0 Å². The van der Waals surface area contributed by atoms with Crippen molar-refractivity contribution in [3.05, 3.63) is 6.92 Å². The van der Waals surface area contributed by atoms with E-state index in [1.54, 1.807) is 0 Å². The van der Waals surface area contributed by atoms with Crippen molar-refractivity contribution >= 4 is 0 Å². The fourth-order valence-corrected chi connectivity index (χ4v) is 1.77. The zero-order valence-corrected chi connectivity index (χ0v) is 9.65. The Labute approximate surface area is 85.1 Å². The molecule has 13 heavy (non-hydrogen) atoms. The first kappa shape index (κ1) is 13.0. The summed E-state index contributed by atoms with van der Waals surface area (Å²) in [6.45, 7) is 8.68. The Hall–Kier alpha value is 0. The van der Waals surface area contributed by atoms with E-state index in [1.165, 1.54) is 57.8 Å². The summed E-state index contributed by atoms with van der Waals surface area (Å²) in [7, 11) is 0. The van der Waals surface area contributed by atoms with E-state index in [0.29, 0.717) is 0 Å². The maximum absolute atomic E-state index is 4.16. The van der Waals surface area contributed by atoms with Gasteiger partial charge in [0.15, 0.2) is 0 Å². The van der Waals surface area contributed by atoms with Gasteiger partial charge in [-0.2, -0.15) is 0 Å². The van der Waals surface area contributed by atoms with Gasteiger partial charge in [0.1, 0.15) is 0 Å². The summed E-state index contributed by atoms with van der Waals surface area (Å²) >= 11 is 0.